The average Bonchev–Trinajstić information content (AvgIpc) is 2.23. The van der Waals surface area contributed by atoms with Crippen LogP contribution in [0.3, 0.4) is 0 Å². The van der Waals surface area contributed by atoms with Gasteiger partial charge >= 0.3 is 0 Å². The monoisotopic (exact) mass is 235 g/mol. The molecule has 5 heteroatoms. The Morgan fingerprint density at radius 1 is 1.33 bits per heavy atom. The minimum absolute atomic E-state index is 0.0893. The molecule has 0 saturated heterocycles. The van der Waals surface area contributed by atoms with Crippen molar-refractivity contribution in [2.75, 3.05) is 19.5 Å². The van der Waals surface area contributed by atoms with E-state index in [1.165, 1.54) is 7.11 Å². The molecule has 0 aromatic heterocycles. The molecule has 1 aromatic carbocycles. The highest BCUT2D eigenvalue weighted by molar-refractivity contribution is 6.18. The average molecular weight is 236 g/mol. The van der Waals surface area contributed by atoms with Crippen molar-refractivity contribution in [2.45, 2.75) is 6.54 Å². The molecule has 0 atom stereocenters. The molecule has 15 heavy (non-hydrogen) atoms. The van der Waals surface area contributed by atoms with Crippen LogP contribution >= 0.6 is 11.6 Å². The van der Waals surface area contributed by atoms with Gasteiger partial charge < -0.3 is 10.1 Å². The quantitative estimate of drug-likeness (QED) is 0.625. The molecule has 2 nitrogen and oxygen atoms in total. The molecule has 0 aliphatic heterocycles. The summed E-state index contributed by atoms with van der Waals surface area (Å²) in [6.07, 6.45) is 0. The summed E-state index contributed by atoms with van der Waals surface area (Å²) in [5.74, 6) is -0.717. The summed E-state index contributed by atoms with van der Waals surface area (Å²) in [5, 5.41) is 2.88. The molecule has 0 radical (unpaired) electrons. The fourth-order valence-corrected chi connectivity index (χ4v) is 1.29. The van der Waals surface area contributed by atoms with Gasteiger partial charge in [0.15, 0.2) is 11.6 Å². The van der Waals surface area contributed by atoms with Crippen molar-refractivity contribution in [3.63, 3.8) is 0 Å². The molecule has 0 amide bonds. The predicted molar refractivity (Wildman–Crippen MR) is 55.3 cm³/mol. The van der Waals surface area contributed by atoms with Crippen molar-refractivity contribution >= 4 is 11.6 Å². The first-order valence-corrected chi connectivity index (χ1v) is 5.01. The van der Waals surface area contributed by atoms with Crippen LogP contribution in [0.15, 0.2) is 12.1 Å². The fraction of sp³-hybridized carbons (Fsp3) is 0.400. The molecule has 0 spiro atoms. The van der Waals surface area contributed by atoms with Crippen molar-refractivity contribution in [1.29, 1.82) is 0 Å². The van der Waals surface area contributed by atoms with E-state index in [4.69, 9.17) is 11.6 Å². The lowest BCUT2D eigenvalue weighted by Crippen LogP contribution is -2.16. The predicted octanol–water partition coefficient (Wildman–Crippen LogP) is 2.30. The van der Waals surface area contributed by atoms with Crippen LogP contribution in [0.5, 0.6) is 5.75 Å². The first-order valence-electron chi connectivity index (χ1n) is 4.47. The first-order chi connectivity index (χ1) is 7.19. The third-order valence-electron chi connectivity index (χ3n) is 1.91. The zero-order valence-electron chi connectivity index (χ0n) is 8.32. The van der Waals surface area contributed by atoms with Crippen LogP contribution < -0.4 is 10.1 Å². The molecule has 1 N–H and O–H groups in total. The molecule has 0 aliphatic carbocycles. The van der Waals surface area contributed by atoms with E-state index in [0.717, 1.165) is 12.1 Å². The number of benzene rings is 1. The van der Waals surface area contributed by atoms with E-state index in [1.54, 1.807) is 0 Å². The van der Waals surface area contributed by atoms with E-state index in [1.807, 2.05) is 0 Å². The summed E-state index contributed by atoms with van der Waals surface area (Å²) in [6.45, 7) is 0.800. The van der Waals surface area contributed by atoms with Crippen molar-refractivity contribution in [2.24, 2.45) is 0 Å². The van der Waals surface area contributed by atoms with Crippen LogP contribution in [-0.2, 0) is 6.54 Å². The van der Waals surface area contributed by atoms with E-state index in [9.17, 15) is 8.78 Å². The van der Waals surface area contributed by atoms with Gasteiger partial charge in [-0.3, -0.25) is 0 Å². The number of rotatable bonds is 5. The van der Waals surface area contributed by atoms with E-state index in [-0.39, 0.29) is 17.9 Å². The highest BCUT2D eigenvalue weighted by Crippen LogP contribution is 2.20. The molecule has 0 saturated carbocycles. The minimum atomic E-state index is -0.568. The topological polar surface area (TPSA) is 21.3 Å². The Hall–Kier alpha value is -0.870. The van der Waals surface area contributed by atoms with Gasteiger partial charge in [-0.25, -0.2) is 8.78 Å². The van der Waals surface area contributed by atoms with Gasteiger partial charge in [0.25, 0.3) is 0 Å². The smallest absolute Gasteiger partial charge is 0.165 e. The van der Waals surface area contributed by atoms with Gasteiger partial charge in [-0.15, -0.1) is 11.6 Å². The summed E-state index contributed by atoms with van der Waals surface area (Å²) >= 11 is 5.44. The molecule has 0 fully saturated rings. The van der Waals surface area contributed by atoms with Crippen LogP contribution in [-0.4, -0.2) is 19.5 Å². The number of alkyl halides is 1. The number of nitrogens with one attached hydrogen (secondary N) is 1. The lowest BCUT2D eigenvalue weighted by molar-refractivity contribution is 0.381. The normalized spacial score (nSPS) is 10.4. The summed E-state index contributed by atoms with van der Waals surface area (Å²) < 4.78 is 31.2. The van der Waals surface area contributed by atoms with Gasteiger partial charge in [0.1, 0.15) is 5.82 Å². The Bertz CT molecular complexity index is 333. The van der Waals surface area contributed by atoms with E-state index in [0.29, 0.717) is 12.4 Å². The van der Waals surface area contributed by atoms with Crippen molar-refractivity contribution in [3.8, 4) is 5.75 Å². The lowest BCUT2D eigenvalue weighted by Gasteiger charge is -2.07. The Labute approximate surface area is 92.2 Å². The third kappa shape index (κ3) is 3.32. The number of ether oxygens (including phenoxy) is 1. The SMILES string of the molecule is COc1cc(F)c(CNCCCl)cc1F. The van der Waals surface area contributed by atoms with E-state index < -0.39 is 11.6 Å². The summed E-state index contributed by atoms with van der Waals surface area (Å²) in [4.78, 5) is 0. The molecule has 1 rings (SSSR count). The molecule has 1 aromatic rings. The van der Waals surface area contributed by atoms with Gasteiger partial charge in [-0.1, -0.05) is 0 Å². The fourth-order valence-electron chi connectivity index (χ4n) is 1.15. The Kier molecular flexibility index (Phi) is 4.78. The third-order valence-corrected chi connectivity index (χ3v) is 2.10. The van der Waals surface area contributed by atoms with Crippen molar-refractivity contribution in [3.05, 3.63) is 29.3 Å². The Morgan fingerprint density at radius 3 is 2.67 bits per heavy atom. The second-order valence-electron chi connectivity index (χ2n) is 2.94. The highest BCUT2D eigenvalue weighted by Gasteiger charge is 2.09. The summed E-state index contributed by atoms with van der Waals surface area (Å²) in [7, 11) is 1.29. The summed E-state index contributed by atoms with van der Waals surface area (Å²) in [6, 6.07) is 2.16. The first kappa shape index (κ1) is 12.2. The van der Waals surface area contributed by atoms with Crippen LogP contribution in [0.1, 0.15) is 5.56 Å². The second-order valence-corrected chi connectivity index (χ2v) is 3.32. The van der Waals surface area contributed by atoms with Crippen molar-refractivity contribution < 1.29 is 13.5 Å². The Balaban J connectivity index is 2.76. The second kappa shape index (κ2) is 5.88. The highest BCUT2D eigenvalue weighted by atomic mass is 35.5. The van der Waals surface area contributed by atoms with Gasteiger partial charge in [0.05, 0.1) is 7.11 Å². The molecule has 84 valence electrons. The van der Waals surface area contributed by atoms with Gasteiger partial charge in [0.2, 0.25) is 0 Å². The molecular weight excluding hydrogens is 224 g/mol. The van der Waals surface area contributed by atoms with Gasteiger partial charge in [0, 0.05) is 30.6 Å². The van der Waals surface area contributed by atoms with Crippen LogP contribution in [0.25, 0.3) is 0 Å². The van der Waals surface area contributed by atoms with Crippen LogP contribution in [0.2, 0.25) is 0 Å². The minimum Gasteiger partial charge on any atom is -0.494 e. The molecule has 0 unspecified atom stereocenters. The van der Waals surface area contributed by atoms with Gasteiger partial charge in [-0.2, -0.15) is 0 Å². The Morgan fingerprint density at radius 2 is 2.07 bits per heavy atom. The van der Waals surface area contributed by atoms with E-state index in [2.05, 4.69) is 10.1 Å². The maximum Gasteiger partial charge on any atom is 0.165 e. The molecular formula is C10H12ClF2NO. The van der Waals surface area contributed by atoms with Crippen LogP contribution in [0.4, 0.5) is 8.78 Å². The summed E-state index contributed by atoms with van der Waals surface area (Å²) in [5.41, 5.74) is 0.262. The standard InChI is InChI=1S/C10H12ClF2NO/c1-15-10-5-8(12)7(4-9(10)13)6-14-3-2-11/h4-5,14H,2-3,6H2,1H3. The van der Waals surface area contributed by atoms with E-state index >= 15 is 0 Å². The lowest BCUT2D eigenvalue weighted by atomic mass is 10.2. The van der Waals surface area contributed by atoms with Crippen LogP contribution in [0, 0.1) is 11.6 Å². The number of hydrogen-bond acceptors (Lipinski definition) is 2. The number of halogens is 3. The molecule has 0 aliphatic rings. The zero-order valence-corrected chi connectivity index (χ0v) is 9.07. The molecule has 0 bridgehead atoms. The number of hydrogen-bond donors (Lipinski definition) is 1. The van der Waals surface area contributed by atoms with Crippen molar-refractivity contribution in [1.82, 2.24) is 5.32 Å². The maximum absolute atomic E-state index is 13.3. The zero-order chi connectivity index (χ0) is 11.3. The van der Waals surface area contributed by atoms with Gasteiger partial charge in [-0.05, 0) is 6.07 Å². The largest absolute Gasteiger partial charge is 0.494 e. The molecule has 0 heterocycles. The maximum atomic E-state index is 13.3. The number of methoxy groups -OCH3 is 1.